The average Bonchev–Trinajstić information content (AvgIpc) is 2.96. The summed E-state index contributed by atoms with van der Waals surface area (Å²) in [6.07, 6.45) is 2.66. The molecule has 3 N–H and O–H groups in total. The van der Waals surface area contributed by atoms with Gasteiger partial charge in [-0.25, -0.2) is 9.97 Å². The summed E-state index contributed by atoms with van der Waals surface area (Å²) in [6.45, 7) is 8.11. The van der Waals surface area contributed by atoms with E-state index in [0.29, 0.717) is 34.2 Å². The zero-order valence-corrected chi connectivity index (χ0v) is 15.7. The molecule has 1 amide bonds. The largest absolute Gasteiger partial charge is 0.356 e. The number of hydrogen-bond donors (Lipinski definition) is 3. The molecule has 0 radical (unpaired) electrons. The number of carbonyl (C=O) groups is 1. The van der Waals surface area contributed by atoms with Crippen molar-refractivity contribution < 1.29 is 4.79 Å². The Kier molecular flexibility index (Phi) is 5.12. The van der Waals surface area contributed by atoms with Gasteiger partial charge in [-0.3, -0.25) is 4.79 Å². The average molecular weight is 361 g/mol. The number of nitrogens with one attached hydrogen (secondary N) is 3. The zero-order chi connectivity index (χ0) is 18.0. The number of amides is 1. The number of anilines is 4. The molecule has 0 aliphatic carbocycles. The van der Waals surface area contributed by atoms with Crippen LogP contribution >= 0.6 is 11.3 Å². The Balaban J connectivity index is 1.86. The molecule has 0 fully saturated rings. The van der Waals surface area contributed by atoms with Crippen LogP contribution < -0.4 is 16.0 Å². The number of carbonyl (C=O) groups excluding carboxylic acids is 1. The van der Waals surface area contributed by atoms with Gasteiger partial charge in [0.05, 0.1) is 0 Å². The van der Waals surface area contributed by atoms with Crippen molar-refractivity contribution >= 4 is 39.7 Å². The maximum Gasteiger partial charge on any atom is 0.247 e. The monoisotopic (exact) mass is 361 g/mol. The maximum absolute atomic E-state index is 12.4. The molecule has 2 aromatic heterocycles. The molecule has 0 saturated heterocycles. The highest BCUT2D eigenvalue weighted by molar-refractivity contribution is 7.15. The molecular weight excluding hydrogens is 338 g/mol. The van der Waals surface area contributed by atoms with Crippen LogP contribution in [0.25, 0.3) is 0 Å². The highest BCUT2D eigenvalue weighted by atomic mass is 32.1. The van der Waals surface area contributed by atoms with Gasteiger partial charge in [0.1, 0.15) is 22.6 Å². The number of aromatic nitrogens is 4. The van der Waals surface area contributed by atoms with Gasteiger partial charge in [0, 0.05) is 6.42 Å². The Bertz CT molecular complexity index is 774. The number of hydrogen-bond acceptors (Lipinski definition) is 8. The zero-order valence-electron chi connectivity index (χ0n) is 14.9. The molecule has 25 heavy (non-hydrogen) atoms. The summed E-state index contributed by atoms with van der Waals surface area (Å²) < 4.78 is 0. The van der Waals surface area contributed by atoms with E-state index < -0.39 is 0 Å². The van der Waals surface area contributed by atoms with Crippen LogP contribution in [0, 0.1) is 12.8 Å². The van der Waals surface area contributed by atoms with E-state index in [1.54, 1.807) is 0 Å². The topological polar surface area (TPSA) is 105 Å². The van der Waals surface area contributed by atoms with Gasteiger partial charge in [0.2, 0.25) is 11.0 Å². The second-order valence-electron chi connectivity index (χ2n) is 6.53. The van der Waals surface area contributed by atoms with Crippen LogP contribution in [-0.2, 0) is 11.2 Å². The van der Waals surface area contributed by atoms with Crippen molar-refractivity contribution in [3.63, 3.8) is 0 Å². The quantitative estimate of drug-likeness (QED) is 0.726. The molecule has 1 atom stereocenters. The number of aryl methyl sites for hydroxylation is 2. The van der Waals surface area contributed by atoms with E-state index in [0.717, 1.165) is 24.3 Å². The summed E-state index contributed by atoms with van der Waals surface area (Å²) in [6, 6.07) is -0.285. The molecule has 1 unspecified atom stereocenters. The smallest absolute Gasteiger partial charge is 0.247 e. The Morgan fingerprint density at radius 2 is 2.08 bits per heavy atom. The fourth-order valence-electron chi connectivity index (χ4n) is 2.68. The van der Waals surface area contributed by atoms with Crippen molar-refractivity contribution in [3.05, 3.63) is 10.8 Å². The van der Waals surface area contributed by atoms with Crippen LogP contribution in [0.4, 0.5) is 22.5 Å². The van der Waals surface area contributed by atoms with E-state index in [1.807, 2.05) is 6.92 Å². The molecule has 0 saturated carbocycles. The lowest BCUT2D eigenvalue weighted by atomic mass is 10.0. The Morgan fingerprint density at radius 3 is 2.80 bits per heavy atom. The van der Waals surface area contributed by atoms with Crippen LogP contribution in [0.3, 0.4) is 0 Å². The first-order chi connectivity index (χ1) is 12.0. The van der Waals surface area contributed by atoms with Gasteiger partial charge >= 0.3 is 0 Å². The number of fused-ring (bicyclic) bond motifs is 1. The minimum absolute atomic E-state index is 0.0689. The van der Waals surface area contributed by atoms with Gasteiger partial charge in [-0.1, -0.05) is 32.1 Å². The van der Waals surface area contributed by atoms with E-state index in [2.05, 4.69) is 56.9 Å². The maximum atomic E-state index is 12.4. The Morgan fingerprint density at radius 1 is 1.28 bits per heavy atom. The summed E-state index contributed by atoms with van der Waals surface area (Å²) in [5.74, 6) is 2.12. The molecule has 3 heterocycles. The molecule has 0 aromatic carbocycles. The van der Waals surface area contributed by atoms with Crippen molar-refractivity contribution in [1.29, 1.82) is 0 Å². The SMILES string of the molecule is CCCc1nnc(Nc2nc(C)nc3c2NC(=O)C(CC(C)C)N3)s1. The minimum Gasteiger partial charge on any atom is -0.356 e. The van der Waals surface area contributed by atoms with E-state index in [4.69, 9.17) is 0 Å². The van der Waals surface area contributed by atoms with Gasteiger partial charge in [-0.15, -0.1) is 10.2 Å². The fourth-order valence-corrected chi connectivity index (χ4v) is 3.52. The van der Waals surface area contributed by atoms with E-state index >= 15 is 0 Å². The summed E-state index contributed by atoms with van der Waals surface area (Å²) in [4.78, 5) is 21.2. The van der Waals surface area contributed by atoms with Gasteiger partial charge in [-0.05, 0) is 25.7 Å². The first-order valence-corrected chi connectivity index (χ1v) is 9.33. The second kappa shape index (κ2) is 7.30. The number of nitrogens with zero attached hydrogens (tertiary/aromatic N) is 4. The molecular formula is C16H23N7OS. The van der Waals surface area contributed by atoms with Gasteiger partial charge < -0.3 is 16.0 Å². The summed E-state index contributed by atoms with van der Waals surface area (Å²) >= 11 is 1.49. The van der Waals surface area contributed by atoms with Crippen LogP contribution in [0.15, 0.2) is 0 Å². The van der Waals surface area contributed by atoms with E-state index in [1.165, 1.54) is 11.3 Å². The molecule has 0 spiro atoms. The third-order valence-corrected chi connectivity index (χ3v) is 4.66. The Hall–Kier alpha value is -2.29. The van der Waals surface area contributed by atoms with Crippen molar-refractivity contribution in [2.24, 2.45) is 5.92 Å². The molecule has 134 valence electrons. The highest BCUT2D eigenvalue weighted by Crippen LogP contribution is 2.34. The van der Waals surface area contributed by atoms with Crippen LogP contribution in [0.1, 0.15) is 44.4 Å². The molecule has 9 heteroatoms. The van der Waals surface area contributed by atoms with Gasteiger partial charge in [0.25, 0.3) is 0 Å². The fraction of sp³-hybridized carbons (Fsp3) is 0.562. The molecule has 8 nitrogen and oxygen atoms in total. The van der Waals surface area contributed by atoms with Crippen LogP contribution in [0.2, 0.25) is 0 Å². The lowest BCUT2D eigenvalue weighted by Crippen LogP contribution is -2.40. The van der Waals surface area contributed by atoms with Crippen LogP contribution in [-0.4, -0.2) is 32.1 Å². The predicted octanol–water partition coefficient (Wildman–Crippen LogP) is 3.11. The highest BCUT2D eigenvalue weighted by Gasteiger charge is 2.29. The minimum atomic E-state index is -0.285. The standard InChI is InChI=1S/C16H23N7OS/c1-5-6-11-22-23-16(25-11)21-14-12-13(17-9(4)18-14)19-10(7-8(2)3)15(24)20-12/h8,10H,5-7H2,1-4H3,(H,20,24)(H2,17,18,19,21,23). The third-order valence-electron chi connectivity index (χ3n) is 3.76. The normalized spacial score (nSPS) is 16.4. The van der Waals surface area contributed by atoms with Gasteiger partial charge in [-0.2, -0.15) is 0 Å². The first-order valence-electron chi connectivity index (χ1n) is 8.51. The predicted molar refractivity (Wildman–Crippen MR) is 99.5 cm³/mol. The van der Waals surface area contributed by atoms with E-state index in [9.17, 15) is 4.79 Å². The lowest BCUT2D eigenvalue weighted by Gasteiger charge is -2.28. The Labute approximate surface area is 150 Å². The summed E-state index contributed by atoms with van der Waals surface area (Å²) in [5, 5.41) is 19.3. The molecule has 3 rings (SSSR count). The lowest BCUT2D eigenvalue weighted by molar-refractivity contribution is -0.117. The van der Waals surface area contributed by atoms with Crippen molar-refractivity contribution in [1.82, 2.24) is 20.2 Å². The summed E-state index contributed by atoms with van der Waals surface area (Å²) in [7, 11) is 0. The van der Waals surface area contributed by atoms with Gasteiger partial charge in [0.15, 0.2) is 11.6 Å². The molecule has 1 aliphatic rings. The van der Waals surface area contributed by atoms with E-state index in [-0.39, 0.29) is 11.9 Å². The third kappa shape index (κ3) is 4.04. The first kappa shape index (κ1) is 17.5. The second-order valence-corrected chi connectivity index (χ2v) is 7.60. The molecule has 1 aliphatic heterocycles. The number of rotatable bonds is 6. The van der Waals surface area contributed by atoms with Crippen LogP contribution in [0.5, 0.6) is 0 Å². The van der Waals surface area contributed by atoms with Crippen molar-refractivity contribution in [3.8, 4) is 0 Å². The van der Waals surface area contributed by atoms with Crippen molar-refractivity contribution in [2.45, 2.75) is 53.0 Å². The van der Waals surface area contributed by atoms with Crippen molar-refractivity contribution in [2.75, 3.05) is 16.0 Å². The summed E-state index contributed by atoms with van der Waals surface area (Å²) in [5.41, 5.74) is 0.558. The molecule has 2 aromatic rings. The molecule has 0 bridgehead atoms.